The van der Waals surface area contributed by atoms with E-state index in [4.69, 9.17) is 4.74 Å². The molecule has 0 amide bonds. The fourth-order valence-corrected chi connectivity index (χ4v) is 2.98. The number of ether oxygens (including phenoxy) is 1. The lowest BCUT2D eigenvalue weighted by atomic mass is 10.3. The molecular weight excluding hydrogens is 360 g/mol. The van der Waals surface area contributed by atoms with Crippen LogP contribution in [0.3, 0.4) is 0 Å². The number of hydrogen-bond donors (Lipinski definition) is 1. The second-order valence-electron chi connectivity index (χ2n) is 3.93. The van der Waals surface area contributed by atoms with E-state index in [1.165, 1.54) is 5.69 Å². The fourth-order valence-electron chi connectivity index (χ4n) is 1.69. The molecule has 0 radical (unpaired) electrons. The average molecular weight is 374 g/mol. The maximum absolute atomic E-state index is 5.29. The zero-order valence-corrected chi connectivity index (χ0v) is 13.4. The molecule has 0 aliphatic heterocycles. The third kappa shape index (κ3) is 2.90. The minimum Gasteiger partial charge on any atom is -0.495 e. The van der Waals surface area contributed by atoms with Gasteiger partial charge < -0.3 is 14.6 Å². The molecule has 1 N–H and O–H groups in total. The molecular formula is C13H14Br2N2O. The summed E-state index contributed by atoms with van der Waals surface area (Å²) in [6.07, 6.45) is 2.04. The molecule has 2 aromatic rings. The van der Waals surface area contributed by atoms with Crippen LogP contribution in [0.15, 0.2) is 39.4 Å². The molecule has 0 saturated carbocycles. The smallest absolute Gasteiger partial charge is 0.135 e. The third-order valence-electron chi connectivity index (χ3n) is 2.75. The Morgan fingerprint density at radius 3 is 2.67 bits per heavy atom. The van der Waals surface area contributed by atoms with Crippen LogP contribution in [0.25, 0.3) is 0 Å². The molecule has 0 aliphatic rings. The van der Waals surface area contributed by atoms with E-state index in [1.54, 1.807) is 7.11 Å². The first-order valence-corrected chi connectivity index (χ1v) is 7.07. The number of hydrogen-bond acceptors (Lipinski definition) is 2. The minimum absolute atomic E-state index is 0.771. The van der Waals surface area contributed by atoms with E-state index in [9.17, 15) is 0 Å². The van der Waals surface area contributed by atoms with Crippen molar-refractivity contribution in [1.82, 2.24) is 4.57 Å². The second-order valence-corrected chi connectivity index (χ2v) is 5.64. The normalized spacial score (nSPS) is 10.4. The molecule has 0 aliphatic carbocycles. The number of benzene rings is 1. The van der Waals surface area contributed by atoms with Crippen molar-refractivity contribution in [2.75, 3.05) is 12.4 Å². The van der Waals surface area contributed by atoms with Crippen LogP contribution < -0.4 is 10.1 Å². The predicted molar refractivity (Wildman–Crippen MR) is 81.1 cm³/mol. The van der Waals surface area contributed by atoms with Crippen LogP contribution in [-0.4, -0.2) is 11.7 Å². The van der Waals surface area contributed by atoms with Crippen LogP contribution in [0.5, 0.6) is 5.75 Å². The molecule has 0 saturated heterocycles. The summed E-state index contributed by atoms with van der Waals surface area (Å²) < 4.78 is 9.32. The monoisotopic (exact) mass is 372 g/mol. The van der Waals surface area contributed by atoms with Gasteiger partial charge in [0.2, 0.25) is 0 Å². The van der Waals surface area contributed by atoms with Gasteiger partial charge in [0.1, 0.15) is 5.75 Å². The molecule has 1 heterocycles. The second kappa shape index (κ2) is 5.80. The summed E-state index contributed by atoms with van der Waals surface area (Å²) in [6, 6.07) is 8.08. The van der Waals surface area contributed by atoms with E-state index in [0.717, 1.165) is 26.9 Å². The highest BCUT2D eigenvalue weighted by molar-refractivity contribution is 9.11. The van der Waals surface area contributed by atoms with Gasteiger partial charge in [-0.05, 0) is 50.1 Å². The lowest BCUT2D eigenvalue weighted by molar-refractivity contribution is 0.412. The van der Waals surface area contributed by atoms with Gasteiger partial charge in [0, 0.05) is 29.5 Å². The summed E-state index contributed by atoms with van der Waals surface area (Å²) in [4.78, 5) is 0. The highest BCUT2D eigenvalue weighted by atomic mass is 79.9. The summed E-state index contributed by atoms with van der Waals surface area (Å²) in [5.74, 6) is 0.813. The number of nitrogens with one attached hydrogen (secondary N) is 1. The highest BCUT2D eigenvalue weighted by Crippen LogP contribution is 2.34. The Kier molecular flexibility index (Phi) is 4.35. The molecule has 1 aromatic heterocycles. The molecule has 5 heteroatoms. The van der Waals surface area contributed by atoms with Crippen molar-refractivity contribution in [1.29, 1.82) is 0 Å². The van der Waals surface area contributed by atoms with Gasteiger partial charge in [-0.1, -0.05) is 0 Å². The number of nitrogens with zero attached hydrogens (tertiary/aromatic N) is 1. The van der Waals surface area contributed by atoms with Crippen LogP contribution in [0.4, 0.5) is 5.69 Å². The van der Waals surface area contributed by atoms with Gasteiger partial charge in [-0.2, -0.15) is 0 Å². The van der Waals surface area contributed by atoms with Crippen LogP contribution in [-0.2, 0) is 13.6 Å². The zero-order chi connectivity index (χ0) is 13.1. The number of methoxy groups -OCH3 is 1. The molecule has 18 heavy (non-hydrogen) atoms. The zero-order valence-electron chi connectivity index (χ0n) is 10.2. The van der Waals surface area contributed by atoms with Crippen molar-refractivity contribution < 1.29 is 4.74 Å². The van der Waals surface area contributed by atoms with E-state index in [1.807, 2.05) is 31.4 Å². The molecule has 0 spiro atoms. The Hall–Kier alpha value is -0.940. The van der Waals surface area contributed by atoms with Crippen molar-refractivity contribution in [2.45, 2.75) is 6.54 Å². The lowest BCUT2D eigenvalue weighted by Gasteiger charge is -2.12. The molecule has 3 nitrogen and oxygen atoms in total. The minimum atomic E-state index is 0.771. The number of aryl methyl sites for hydroxylation is 1. The summed E-state index contributed by atoms with van der Waals surface area (Å²) in [6.45, 7) is 0.771. The van der Waals surface area contributed by atoms with Crippen LogP contribution in [0.2, 0.25) is 0 Å². The number of aromatic nitrogens is 1. The molecule has 1 aromatic carbocycles. The third-order valence-corrected chi connectivity index (χ3v) is 4.03. The maximum Gasteiger partial charge on any atom is 0.135 e. The van der Waals surface area contributed by atoms with Crippen molar-refractivity contribution in [3.05, 3.63) is 45.1 Å². The largest absolute Gasteiger partial charge is 0.495 e. The molecule has 0 unspecified atom stereocenters. The van der Waals surface area contributed by atoms with Crippen molar-refractivity contribution in [3.63, 3.8) is 0 Å². The van der Waals surface area contributed by atoms with Crippen molar-refractivity contribution in [2.24, 2.45) is 7.05 Å². The standard InChI is InChI=1S/C13H14Br2N2O/c1-17-5-3-4-9(17)8-16-12-7-13(18-2)11(15)6-10(12)14/h3-7,16H,8H2,1-2H3. The van der Waals surface area contributed by atoms with Gasteiger partial charge in [0.25, 0.3) is 0 Å². The first kappa shape index (κ1) is 13.5. The quantitative estimate of drug-likeness (QED) is 0.870. The maximum atomic E-state index is 5.29. The predicted octanol–water partition coefficient (Wildman–Crippen LogP) is 4.17. The Morgan fingerprint density at radius 1 is 1.28 bits per heavy atom. The summed E-state index contributed by atoms with van der Waals surface area (Å²) >= 11 is 6.99. The van der Waals surface area contributed by atoms with Crippen molar-refractivity contribution in [3.8, 4) is 5.75 Å². The van der Waals surface area contributed by atoms with Crippen LogP contribution >= 0.6 is 31.9 Å². The molecule has 0 fully saturated rings. The van der Waals surface area contributed by atoms with Crippen molar-refractivity contribution >= 4 is 37.5 Å². The fraction of sp³-hybridized carbons (Fsp3) is 0.231. The molecule has 0 bridgehead atoms. The number of rotatable bonds is 4. The Balaban J connectivity index is 2.16. The van der Waals surface area contributed by atoms with E-state index in [2.05, 4.69) is 47.8 Å². The van der Waals surface area contributed by atoms with Gasteiger partial charge >= 0.3 is 0 Å². The summed E-state index contributed by atoms with van der Waals surface area (Å²) in [7, 11) is 3.70. The summed E-state index contributed by atoms with van der Waals surface area (Å²) in [5, 5.41) is 3.39. The first-order chi connectivity index (χ1) is 8.61. The topological polar surface area (TPSA) is 26.2 Å². The average Bonchev–Trinajstić information content (AvgIpc) is 2.74. The SMILES string of the molecule is COc1cc(NCc2cccn2C)c(Br)cc1Br. The van der Waals surface area contributed by atoms with Crippen LogP contribution in [0.1, 0.15) is 5.69 Å². The van der Waals surface area contributed by atoms with Gasteiger partial charge in [-0.3, -0.25) is 0 Å². The molecule has 2 rings (SSSR count). The van der Waals surface area contributed by atoms with Gasteiger partial charge in [0.15, 0.2) is 0 Å². The lowest BCUT2D eigenvalue weighted by Crippen LogP contribution is -2.04. The van der Waals surface area contributed by atoms with Crippen LogP contribution in [0, 0.1) is 0 Å². The van der Waals surface area contributed by atoms with E-state index in [0.29, 0.717) is 0 Å². The first-order valence-electron chi connectivity index (χ1n) is 5.49. The van der Waals surface area contributed by atoms with E-state index >= 15 is 0 Å². The molecule has 0 atom stereocenters. The number of anilines is 1. The Bertz CT molecular complexity index is 552. The molecule has 96 valence electrons. The van der Waals surface area contributed by atoms with Gasteiger partial charge in [0.05, 0.1) is 23.8 Å². The number of halogens is 2. The Morgan fingerprint density at radius 2 is 2.06 bits per heavy atom. The van der Waals surface area contributed by atoms with E-state index < -0.39 is 0 Å². The van der Waals surface area contributed by atoms with E-state index in [-0.39, 0.29) is 0 Å². The van der Waals surface area contributed by atoms with Gasteiger partial charge in [-0.15, -0.1) is 0 Å². The highest BCUT2D eigenvalue weighted by Gasteiger charge is 2.07. The summed E-state index contributed by atoms with van der Waals surface area (Å²) in [5.41, 5.74) is 2.24. The Labute approximate surface area is 123 Å². The van der Waals surface area contributed by atoms with Gasteiger partial charge in [-0.25, -0.2) is 0 Å².